The molecule has 220 valence electrons. The quantitative estimate of drug-likeness (QED) is 0.152. The summed E-state index contributed by atoms with van der Waals surface area (Å²) in [6.45, 7) is 8.89. The van der Waals surface area contributed by atoms with Crippen LogP contribution in [0.25, 0.3) is 22.3 Å². The summed E-state index contributed by atoms with van der Waals surface area (Å²) < 4.78 is 13.1. The number of benzene rings is 4. The Bertz CT molecular complexity index is 1880. The average Bonchev–Trinajstić information content (AvgIpc) is 2.97. The van der Waals surface area contributed by atoms with Crippen molar-refractivity contribution in [1.29, 1.82) is 0 Å². The van der Waals surface area contributed by atoms with Crippen LogP contribution in [0.15, 0.2) is 82.7 Å². The van der Waals surface area contributed by atoms with Crippen molar-refractivity contribution in [1.82, 2.24) is 9.66 Å². The lowest BCUT2D eigenvalue weighted by Gasteiger charge is -2.18. The van der Waals surface area contributed by atoms with Crippen molar-refractivity contribution >= 4 is 51.9 Å². The smallest absolute Gasteiger partial charge is 0.282 e. The Hall–Kier alpha value is -3.84. The zero-order valence-electron chi connectivity index (χ0n) is 24.2. The minimum absolute atomic E-state index is 0.188. The summed E-state index contributed by atoms with van der Waals surface area (Å²) in [5, 5.41) is 6.25. The molecule has 6 nitrogen and oxygen atoms in total. The van der Waals surface area contributed by atoms with Crippen molar-refractivity contribution in [2.24, 2.45) is 5.10 Å². The van der Waals surface area contributed by atoms with E-state index in [9.17, 15) is 4.79 Å². The van der Waals surface area contributed by atoms with Gasteiger partial charge in [-0.2, -0.15) is 9.78 Å². The van der Waals surface area contributed by atoms with Gasteiger partial charge in [-0.25, -0.2) is 4.98 Å². The molecule has 0 atom stereocenters. The predicted octanol–water partition coefficient (Wildman–Crippen LogP) is 9.32. The van der Waals surface area contributed by atoms with E-state index in [0.29, 0.717) is 49.7 Å². The molecule has 4 aromatic carbocycles. The van der Waals surface area contributed by atoms with Crippen LogP contribution in [0.1, 0.15) is 48.9 Å². The minimum Gasteiger partial charge on any atom is -0.494 e. The van der Waals surface area contributed by atoms with Crippen LogP contribution >= 0.6 is 34.8 Å². The van der Waals surface area contributed by atoms with Gasteiger partial charge < -0.3 is 9.47 Å². The lowest BCUT2D eigenvalue weighted by Crippen LogP contribution is -2.21. The van der Waals surface area contributed by atoms with Crippen LogP contribution in [0, 0.1) is 6.92 Å². The molecule has 5 rings (SSSR count). The van der Waals surface area contributed by atoms with E-state index in [0.717, 1.165) is 28.0 Å². The molecule has 0 unspecified atom stereocenters. The van der Waals surface area contributed by atoms with E-state index < -0.39 is 0 Å². The van der Waals surface area contributed by atoms with Crippen LogP contribution in [0.3, 0.4) is 0 Å². The largest absolute Gasteiger partial charge is 0.494 e. The van der Waals surface area contributed by atoms with Gasteiger partial charge in [0.25, 0.3) is 5.56 Å². The maximum absolute atomic E-state index is 13.8. The van der Waals surface area contributed by atoms with Gasteiger partial charge in [-0.15, -0.1) is 0 Å². The topological polar surface area (TPSA) is 65.7 Å². The monoisotopic (exact) mass is 633 g/mol. The Labute approximate surface area is 265 Å². The second-order valence-corrected chi connectivity index (χ2v) is 11.5. The molecule has 0 N–H and O–H groups in total. The van der Waals surface area contributed by atoms with Crippen molar-refractivity contribution in [3.8, 4) is 22.9 Å². The van der Waals surface area contributed by atoms with Crippen LogP contribution in [0.4, 0.5) is 0 Å². The lowest BCUT2D eigenvalue weighted by molar-refractivity contribution is 0.306. The molecule has 1 heterocycles. The van der Waals surface area contributed by atoms with Crippen LogP contribution in [0.2, 0.25) is 15.1 Å². The van der Waals surface area contributed by atoms with Gasteiger partial charge in [-0.1, -0.05) is 79.0 Å². The Kier molecular flexibility index (Phi) is 9.40. The summed E-state index contributed by atoms with van der Waals surface area (Å²) in [6, 6.07) is 22.0. The number of halogens is 3. The van der Waals surface area contributed by atoms with Crippen LogP contribution in [-0.4, -0.2) is 22.5 Å². The zero-order valence-corrected chi connectivity index (χ0v) is 26.5. The lowest BCUT2D eigenvalue weighted by atomic mass is 9.96. The predicted molar refractivity (Wildman–Crippen MR) is 177 cm³/mol. The minimum atomic E-state index is -0.298. The SMILES string of the molecule is CCOc1cc(C)c(-c2nc3ccccc3c(=O)n2N=Cc2cc(Cl)c(OCc3ccccc3Cl)c(Cl)c2)cc1C(C)C. The molecular weight excluding hydrogens is 605 g/mol. The van der Waals surface area contributed by atoms with E-state index in [1.165, 1.54) is 10.9 Å². The van der Waals surface area contributed by atoms with E-state index in [4.69, 9.17) is 49.3 Å². The van der Waals surface area contributed by atoms with Gasteiger partial charge in [0.05, 0.1) is 33.8 Å². The first-order valence-corrected chi connectivity index (χ1v) is 15.0. The van der Waals surface area contributed by atoms with Crippen LogP contribution in [-0.2, 0) is 6.61 Å². The molecule has 0 bridgehead atoms. The highest BCUT2D eigenvalue weighted by Crippen LogP contribution is 2.36. The molecule has 43 heavy (non-hydrogen) atoms. The third-order valence-corrected chi connectivity index (χ3v) is 7.88. The maximum Gasteiger partial charge on any atom is 0.282 e. The van der Waals surface area contributed by atoms with E-state index in [1.54, 1.807) is 30.3 Å². The van der Waals surface area contributed by atoms with Crippen molar-refractivity contribution < 1.29 is 9.47 Å². The molecule has 0 saturated heterocycles. The van der Waals surface area contributed by atoms with Crippen molar-refractivity contribution in [2.75, 3.05) is 6.61 Å². The number of aryl methyl sites for hydroxylation is 1. The first-order valence-electron chi connectivity index (χ1n) is 13.9. The van der Waals surface area contributed by atoms with Crippen LogP contribution < -0.4 is 15.0 Å². The van der Waals surface area contributed by atoms with Gasteiger partial charge in [-0.05, 0) is 78.9 Å². The molecule has 1 aromatic heterocycles. The summed E-state index contributed by atoms with van der Waals surface area (Å²) in [4.78, 5) is 18.7. The number of hydrogen-bond donors (Lipinski definition) is 0. The highest BCUT2D eigenvalue weighted by Gasteiger charge is 2.19. The normalized spacial score (nSPS) is 11.5. The van der Waals surface area contributed by atoms with Gasteiger partial charge in [0.1, 0.15) is 12.4 Å². The molecule has 0 amide bonds. The molecule has 9 heteroatoms. The summed E-state index contributed by atoms with van der Waals surface area (Å²) in [6.07, 6.45) is 1.53. The fourth-order valence-corrected chi connectivity index (χ4v) is 5.56. The first-order chi connectivity index (χ1) is 20.7. The van der Waals surface area contributed by atoms with E-state index >= 15 is 0 Å². The van der Waals surface area contributed by atoms with Gasteiger partial charge in [0.15, 0.2) is 11.6 Å². The molecule has 0 saturated carbocycles. The number of fused-ring (bicyclic) bond motifs is 1. The molecule has 5 aromatic rings. The molecule has 0 aliphatic rings. The van der Waals surface area contributed by atoms with Gasteiger partial charge in [0, 0.05) is 16.1 Å². The number of para-hydroxylation sites is 1. The summed E-state index contributed by atoms with van der Waals surface area (Å²) in [5.74, 6) is 1.75. The Morgan fingerprint density at radius 3 is 2.33 bits per heavy atom. The highest BCUT2D eigenvalue weighted by molar-refractivity contribution is 6.37. The number of nitrogens with zero attached hydrogens (tertiary/aromatic N) is 3. The standard InChI is InChI=1S/C34H30Cl3N3O3/c1-5-42-31-14-21(4)26(17-25(31)20(2)3)33-39-30-13-9-7-11-24(30)34(41)40(33)38-18-22-15-28(36)32(29(37)16-22)43-19-23-10-6-8-12-27(23)35/h6-18,20H,5,19H2,1-4H3. The number of ether oxygens (including phenoxy) is 2. The van der Waals surface area contributed by atoms with Gasteiger partial charge >= 0.3 is 0 Å². The molecular formula is C34H30Cl3N3O3. The Morgan fingerprint density at radius 1 is 0.930 bits per heavy atom. The second kappa shape index (κ2) is 13.2. The Balaban J connectivity index is 1.57. The Morgan fingerprint density at radius 2 is 1.63 bits per heavy atom. The fourth-order valence-electron chi connectivity index (χ4n) is 4.76. The third kappa shape index (κ3) is 6.57. The fraction of sp³-hybridized carbons (Fsp3) is 0.206. The second-order valence-electron chi connectivity index (χ2n) is 10.3. The van der Waals surface area contributed by atoms with Crippen molar-refractivity contribution in [2.45, 2.75) is 40.2 Å². The molecule has 0 aliphatic carbocycles. The molecule has 0 aliphatic heterocycles. The number of rotatable bonds is 9. The summed E-state index contributed by atoms with van der Waals surface area (Å²) in [7, 11) is 0. The van der Waals surface area contributed by atoms with Gasteiger partial charge in [-0.3, -0.25) is 4.79 Å². The van der Waals surface area contributed by atoms with Crippen LogP contribution in [0.5, 0.6) is 11.5 Å². The molecule has 0 radical (unpaired) electrons. The molecule has 0 spiro atoms. The summed E-state index contributed by atoms with van der Waals surface area (Å²) in [5.41, 5.74) is 4.38. The van der Waals surface area contributed by atoms with Crippen molar-refractivity contribution in [3.63, 3.8) is 0 Å². The zero-order chi connectivity index (χ0) is 30.7. The number of aromatic nitrogens is 2. The number of hydrogen-bond acceptors (Lipinski definition) is 5. The van der Waals surface area contributed by atoms with E-state index in [1.807, 2.05) is 56.3 Å². The average molecular weight is 635 g/mol. The summed E-state index contributed by atoms with van der Waals surface area (Å²) >= 11 is 19.4. The highest BCUT2D eigenvalue weighted by atomic mass is 35.5. The maximum atomic E-state index is 13.8. The molecule has 0 fully saturated rings. The van der Waals surface area contributed by atoms with Crippen molar-refractivity contribution in [3.05, 3.63) is 120 Å². The van der Waals surface area contributed by atoms with E-state index in [2.05, 4.69) is 18.9 Å². The first kappa shape index (κ1) is 30.6. The third-order valence-electron chi connectivity index (χ3n) is 6.95. The van der Waals surface area contributed by atoms with E-state index in [-0.39, 0.29) is 18.1 Å². The van der Waals surface area contributed by atoms with Gasteiger partial charge in [0.2, 0.25) is 0 Å².